The summed E-state index contributed by atoms with van der Waals surface area (Å²) in [6, 6.07) is 7.91. The van der Waals surface area contributed by atoms with Crippen molar-refractivity contribution >= 4 is 29.7 Å². The zero-order valence-corrected chi connectivity index (χ0v) is 16.6. The van der Waals surface area contributed by atoms with Crippen LogP contribution < -0.4 is 0 Å². The molecule has 0 amide bonds. The molecule has 1 heterocycles. The fraction of sp³-hybridized carbons (Fsp3) is 0.526. The first-order valence-corrected chi connectivity index (χ1v) is 9.49. The number of hydrogen-bond donors (Lipinski definition) is 0. The van der Waals surface area contributed by atoms with E-state index >= 15 is 0 Å². The van der Waals surface area contributed by atoms with Crippen LogP contribution in [0.15, 0.2) is 29.2 Å². The van der Waals surface area contributed by atoms with E-state index in [9.17, 15) is 14.4 Å². The van der Waals surface area contributed by atoms with Crippen LogP contribution in [0.1, 0.15) is 32.8 Å². The summed E-state index contributed by atoms with van der Waals surface area (Å²) >= 11 is 1.51. The number of aryl methyl sites for hydroxylation is 1. The monoisotopic (exact) mass is 396 g/mol. The Morgan fingerprint density at radius 3 is 2.41 bits per heavy atom. The number of hydrogen-bond acceptors (Lipinski definition) is 8. The second kappa shape index (κ2) is 9.75. The molecular formula is C19H24O7S. The summed E-state index contributed by atoms with van der Waals surface area (Å²) in [6.07, 6.45) is -1.86. The lowest BCUT2D eigenvalue weighted by atomic mass is 10.0. The summed E-state index contributed by atoms with van der Waals surface area (Å²) in [5.41, 5.74) is 1.10. The highest BCUT2D eigenvalue weighted by Crippen LogP contribution is 2.37. The van der Waals surface area contributed by atoms with Crippen LogP contribution >= 0.6 is 11.8 Å². The van der Waals surface area contributed by atoms with Crippen molar-refractivity contribution in [3.63, 3.8) is 0 Å². The molecule has 8 heteroatoms. The van der Waals surface area contributed by atoms with Gasteiger partial charge in [-0.1, -0.05) is 17.7 Å². The molecule has 148 valence electrons. The van der Waals surface area contributed by atoms with E-state index < -0.39 is 36.4 Å². The molecule has 27 heavy (non-hydrogen) atoms. The summed E-state index contributed by atoms with van der Waals surface area (Å²) in [4.78, 5) is 35.2. The van der Waals surface area contributed by atoms with Crippen LogP contribution in [0.25, 0.3) is 0 Å². The maximum atomic E-state index is 11.6. The summed E-state index contributed by atoms with van der Waals surface area (Å²) in [5.74, 6) is -1.41. The Bertz CT molecular complexity index is 690. The Kier molecular flexibility index (Phi) is 7.67. The molecule has 0 N–H and O–H groups in total. The summed E-state index contributed by atoms with van der Waals surface area (Å²) in [5, 5.41) is -0.241. The van der Waals surface area contributed by atoms with Crippen molar-refractivity contribution in [3.05, 3.63) is 29.8 Å². The molecule has 0 saturated carbocycles. The third-order valence-electron chi connectivity index (χ3n) is 3.81. The Labute approximate surface area is 162 Å². The highest BCUT2D eigenvalue weighted by atomic mass is 32.2. The molecular weight excluding hydrogens is 372 g/mol. The van der Waals surface area contributed by atoms with Gasteiger partial charge < -0.3 is 18.9 Å². The van der Waals surface area contributed by atoms with Crippen molar-refractivity contribution in [2.45, 2.75) is 62.8 Å². The SMILES string of the molecule is CC(=O)OC[C@H]1O[C@H](OC(C)=O)C[C@H](Sc2cccc(C)c2)[C@@H]1OC(C)=O. The first-order valence-electron chi connectivity index (χ1n) is 8.61. The topological polar surface area (TPSA) is 88.1 Å². The number of esters is 3. The molecule has 0 bridgehead atoms. The van der Waals surface area contributed by atoms with Gasteiger partial charge in [0.25, 0.3) is 0 Å². The molecule has 1 aliphatic heterocycles. The van der Waals surface area contributed by atoms with Crippen LogP contribution in [0.3, 0.4) is 0 Å². The van der Waals surface area contributed by atoms with E-state index in [1.165, 1.54) is 32.5 Å². The van der Waals surface area contributed by atoms with Crippen LogP contribution in [0.5, 0.6) is 0 Å². The van der Waals surface area contributed by atoms with Crippen molar-refractivity contribution in [1.82, 2.24) is 0 Å². The van der Waals surface area contributed by atoms with Crippen molar-refractivity contribution in [3.8, 4) is 0 Å². The molecule has 4 atom stereocenters. The molecule has 1 aromatic rings. The van der Waals surface area contributed by atoms with Gasteiger partial charge in [0.15, 0.2) is 0 Å². The number of ether oxygens (including phenoxy) is 4. The van der Waals surface area contributed by atoms with Crippen molar-refractivity contribution in [2.24, 2.45) is 0 Å². The Morgan fingerprint density at radius 1 is 1.11 bits per heavy atom. The standard InChI is InChI=1S/C19H24O7S/c1-11-6-5-7-15(8-11)27-17-9-18(24-13(3)21)26-16(10-23-12(2)20)19(17)25-14(4)22/h5-8,16-19H,9-10H2,1-4H3/t16-,17+,18+,19-/m1/s1. The molecule has 0 spiro atoms. The Balaban J connectivity index is 2.25. The number of carbonyl (C=O) groups excluding carboxylic acids is 3. The summed E-state index contributed by atoms with van der Waals surface area (Å²) in [6.45, 7) is 5.78. The highest BCUT2D eigenvalue weighted by Gasteiger charge is 2.43. The molecule has 1 aliphatic rings. The van der Waals surface area contributed by atoms with E-state index in [-0.39, 0.29) is 11.9 Å². The van der Waals surface area contributed by atoms with Crippen LogP contribution in [0.2, 0.25) is 0 Å². The molecule has 0 aromatic heterocycles. The number of benzene rings is 1. The first kappa shape index (κ1) is 21.2. The second-order valence-electron chi connectivity index (χ2n) is 6.30. The predicted octanol–water partition coefficient (Wildman–Crippen LogP) is 2.63. The van der Waals surface area contributed by atoms with Gasteiger partial charge >= 0.3 is 17.9 Å². The van der Waals surface area contributed by atoms with E-state index in [1.807, 2.05) is 31.2 Å². The Hall–Kier alpha value is -2.06. The first-order chi connectivity index (χ1) is 12.7. The molecule has 0 unspecified atom stereocenters. The van der Waals surface area contributed by atoms with Crippen LogP contribution in [0.4, 0.5) is 0 Å². The highest BCUT2D eigenvalue weighted by molar-refractivity contribution is 8.00. The smallest absolute Gasteiger partial charge is 0.304 e. The average Bonchev–Trinajstić information content (AvgIpc) is 2.54. The van der Waals surface area contributed by atoms with Gasteiger partial charge in [0.1, 0.15) is 18.8 Å². The third kappa shape index (κ3) is 6.88. The minimum absolute atomic E-state index is 0.101. The number of rotatable bonds is 6. The average molecular weight is 396 g/mol. The van der Waals surface area contributed by atoms with E-state index in [0.29, 0.717) is 6.42 Å². The number of thioether (sulfide) groups is 1. The van der Waals surface area contributed by atoms with Crippen molar-refractivity contribution in [2.75, 3.05) is 6.61 Å². The van der Waals surface area contributed by atoms with Gasteiger partial charge in [0.05, 0.1) is 5.25 Å². The van der Waals surface area contributed by atoms with E-state index in [4.69, 9.17) is 18.9 Å². The molecule has 1 saturated heterocycles. The fourth-order valence-electron chi connectivity index (χ4n) is 2.81. The third-order valence-corrected chi connectivity index (χ3v) is 5.10. The van der Waals surface area contributed by atoms with Gasteiger partial charge in [0, 0.05) is 32.1 Å². The van der Waals surface area contributed by atoms with E-state index in [0.717, 1.165) is 10.5 Å². The van der Waals surface area contributed by atoms with Gasteiger partial charge in [-0.3, -0.25) is 14.4 Å². The molecule has 0 aliphatic carbocycles. The lowest BCUT2D eigenvalue weighted by Crippen LogP contribution is -2.52. The molecule has 2 rings (SSSR count). The van der Waals surface area contributed by atoms with Crippen molar-refractivity contribution in [1.29, 1.82) is 0 Å². The normalized spacial score (nSPS) is 24.7. The maximum absolute atomic E-state index is 11.6. The molecule has 7 nitrogen and oxygen atoms in total. The predicted molar refractivity (Wildman–Crippen MR) is 98.1 cm³/mol. The largest absolute Gasteiger partial charge is 0.463 e. The number of carbonyl (C=O) groups is 3. The quantitative estimate of drug-likeness (QED) is 0.536. The minimum Gasteiger partial charge on any atom is -0.463 e. The molecule has 1 fully saturated rings. The fourth-order valence-corrected chi connectivity index (χ4v) is 4.19. The summed E-state index contributed by atoms with van der Waals surface area (Å²) in [7, 11) is 0. The zero-order chi connectivity index (χ0) is 20.0. The Morgan fingerprint density at radius 2 is 1.81 bits per heavy atom. The molecule has 1 aromatic carbocycles. The summed E-state index contributed by atoms with van der Waals surface area (Å²) < 4.78 is 21.5. The van der Waals surface area contributed by atoms with E-state index in [1.54, 1.807) is 0 Å². The van der Waals surface area contributed by atoms with Gasteiger partial charge in [-0.2, -0.15) is 0 Å². The zero-order valence-electron chi connectivity index (χ0n) is 15.8. The van der Waals surface area contributed by atoms with Crippen LogP contribution in [0, 0.1) is 6.92 Å². The maximum Gasteiger partial charge on any atom is 0.304 e. The molecule has 0 radical (unpaired) electrons. The lowest BCUT2D eigenvalue weighted by molar-refractivity contribution is -0.232. The second-order valence-corrected chi connectivity index (χ2v) is 7.61. The van der Waals surface area contributed by atoms with Gasteiger partial charge in [-0.05, 0) is 19.1 Å². The van der Waals surface area contributed by atoms with Crippen molar-refractivity contribution < 1.29 is 33.3 Å². The minimum atomic E-state index is -0.808. The van der Waals surface area contributed by atoms with Gasteiger partial charge in [0.2, 0.25) is 6.29 Å². The van der Waals surface area contributed by atoms with Gasteiger partial charge in [-0.15, -0.1) is 11.8 Å². The van der Waals surface area contributed by atoms with Crippen LogP contribution in [-0.4, -0.2) is 48.3 Å². The van der Waals surface area contributed by atoms with Gasteiger partial charge in [-0.25, -0.2) is 0 Å². The van der Waals surface area contributed by atoms with E-state index in [2.05, 4.69) is 0 Å². The lowest BCUT2D eigenvalue weighted by Gasteiger charge is -2.39. The van der Waals surface area contributed by atoms with Crippen LogP contribution in [-0.2, 0) is 33.3 Å².